The summed E-state index contributed by atoms with van der Waals surface area (Å²) in [6.07, 6.45) is 1.12. The first-order valence-corrected chi connectivity index (χ1v) is 5.37. The van der Waals surface area contributed by atoms with Crippen LogP contribution >= 0.6 is 0 Å². The number of nitrogens with zero attached hydrogens (tertiary/aromatic N) is 1. The van der Waals surface area contributed by atoms with Crippen LogP contribution in [0, 0.1) is 11.3 Å². The Kier molecular flexibility index (Phi) is 4.41. The van der Waals surface area contributed by atoms with Crippen LogP contribution in [0.5, 0.6) is 0 Å². The number of benzene rings is 1. The standard InChI is InChI=1S/C13H13NO3/c1-3-10-11(13(16)17-4-2)6-5-9(8-15)12(10)7-14/h5-6,8H,3-4H2,1-2H3. The first kappa shape index (κ1) is 12.9. The van der Waals surface area contributed by atoms with E-state index in [0.717, 1.165) is 0 Å². The second-order valence-electron chi connectivity index (χ2n) is 3.36. The van der Waals surface area contributed by atoms with Crippen molar-refractivity contribution in [3.05, 3.63) is 34.4 Å². The van der Waals surface area contributed by atoms with Gasteiger partial charge in [0.05, 0.1) is 17.7 Å². The minimum atomic E-state index is -0.460. The van der Waals surface area contributed by atoms with E-state index in [-0.39, 0.29) is 12.2 Å². The summed E-state index contributed by atoms with van der Waals surface area (Å²) >= 11 is 0. The van der Waals surface area contributed by atoms with Crippen LogP contribution in [0.25, 0.3) is 0 Å². The predicted molar refractivity (Wildman–Crippen MR) is 61.9 cm³/mol. The first-order valence-electron chi connectivity index (χ1n) is 5.37. The maximum Gasteiger partial charge on any atom is 0.338 e. The summed E-state index contributed by atoms with van der Waals surface area (Å²) in [7, 11) is 0. The van der Waals surface area contributed by atoms with Gasteiger partial charge in [0.15, 0.2) is 6.29 Å². The van der Waals surface area contributed by atoms with Crippen LogP contribution in [-0.4, -0.2) is 18.9 Å². The van der Waals surface area contributed by atoms with E-state index in [1.807, 2.05) is 13.0 Å². The molecule has 0 unspecified atom stereocenters. The average Bonchev–Trinajstić information content (AvgIpc) is 2.36. The minimum Gasteiger partial charge on any atom is -0.462 e. The van der Waals surface area contributed by atoms with Gasteiger partial charge in [0.1, 0.15) is 6.07 Å². The number of hydrogen-bond acceptors (Lipinski definition) is 4. The van der Waals surface area contributed by atoms with Crippen molar-refractivity contribution in [2.45, 2.75) is 20.3 Å². The summed E-state index contributed by atoms with van der Waals surface area (Å²) in [6, 6.07) is 4.96. The zero-order chi connectivity index (χ0) is 12.8. The van der Waals surface area contributed by atoms with Gasteiger partial charge in [-0.1, -0.05) is 6.92 Å². The SMILES string of the molecule is CCOC(=O)c1ccc(C=O)c(C#N)c1CC. The third kappa shape index (κ3) is 2.51. The molecule has 0 saturated carbocycles. The molecule has 17 heavy (non-hydrogen) atoms. The Morgan fingerprint density at radius 3 is 2.65 bits per heavy atom. The zero-order valence-electron chi connectivity index (χ0n) is 9.82. The molecular formula is C13H13NO3. The number of hydrogen-bond donors (Lipinski definition) is 0. The Morgan fingerprint density at radius 2 is 2.18 bits per heavy atom. The van der Waals surface area contributed by atoms with Crippen molar-refractivity contribution in [2.24, 2.45) is 0 Å². The fraction of sp³-hybridized carbons (Fsp3) is 0.308. The molecule has 0 aliphatic heterocycles. The van der Waals surface area contributed by atoms with Gasteiger partial charge in [0.2, 0.25) is 0 Å². The van der Waals surface area contributed by atoms with E-state index in [9.17, 15) is 9.59 Å². The largest absolute Gasteiger partial charge is 0.462 e. The van der Waals surface area contributed by atoms with E-state index in [1.165, 1.54) is 12.1 Å². The lowest BCUT2D eigenvalue weighted by molar-refractivity contribution is 0.0525. The van der Waals surface area contributed by atoms with Crippen molar-refractivity contribution in [3.8, 4) is 6.07 Å². The molecule has 1 rings (SSSR count). The van der Waals surface area contributed by atoms with Gasteiger partial charge in [-0.05, 0) is 31.0 Å². The number of carbonyl (C=O) groups is 2. The molecular weight excluding hydrogens is 218 g/mol. The molecule has 0 saturated heterocycles. The smallest absolute Gasteiger partial charge is 0.338 e. The van der Waals surface area contributed by atoms with Crippen molar-refractivity contribution >= 4 is 12.3 Å². The zero-order valence-corrected chi connectivity index (χ0v) is 9.82. The molecule has 0 fully saturated rings. The summed E-state index contributed by atoms with van der Waals surface area (Å²) in [5.74, 6) is -0.460. The van der Waals surface area contributed by atoms with Gasteiger partial charge in [-0.15, -0.1) is 0 Å². The second-order valence-corrected chi connectivity index (χ2v) is 3.36. The van der Waals surface area contributed by atoms with Gasteiger partial charge >= 0.3 is 5.97 Å². The lowest BCUT2D eigenvalue weighted by atomic mass is 9.95. The highest BCUT2D eigenvalue weighted by molar-refractivity contribution is 5.94. The minimum absolute atomic E-state index is 0.257. The molecule has 0 bridgehead atoms. The van der Waals surface area contributed by atoms with E-state index in [2.05, 4.69) is 0 Å². The normalized spacial score (nSPS) is 9.47. The van der Waals surface area contributed by atoms with E-state index in [0.29, 0.717) is 29.4 Å². The molecule has 0 aliphatic rings. The molecule has 0 aromatic heterocycles. The van der Waals surface area contributed by atoms with Gasteiger partial charge in [0, 0.05) is 5.56 Å². The summed E-state index contributed by atoms with van der Waals surface area (Å²) in [6.45, 7) is 3.82. The number of carbonyl (C=O) groups excluding carboxylic acids is 2. The predicted octanol–water partition coefficient (Wildman–Crippen LogP) is 2.11. The Bertz CT molecular complexity index is 486. The van der Waals surface area contributed by atoms with Gasteiger partial charge < -0.3 is 4.74 Å². The maximum absolute atomic E-state index is 11.7. The van der Waals surface area contributed by atoms with Crippen LogP contribution in [0.3, 0.4) is 0 Å². The highest BCUT2D eigenvalue weighted by Gasteiger charge is 2.17. The Hall–Kier alpha value is -2.15. The highest BCUT2D eigenvalue weighted by atomic mass is 16.5. The van der Waals surface area contributed by atoms with E-state index in [1.54, 1.807) is 6.92 Å². The lowest BCUT2D eigenvalue weighted by Gasteiger charge is -2.10. The molecule has 0 N–H and O–H groups in total. The van der Waals surface area contributed by atoms with E-state index >= 15 is 0 Å². The van der Waals surface area contributed by atoms with E-state index < -0.39 is 5.97 Å². The maximum atomic E-state index is 11.7. The molecule has 0 spiro atoms. The van der Waals surface area contributed by atoms with E-state index in [4.69, 9.17) is 10.00 Å². The number of aldehydes is 1. The average molecular weight is 231 g/mol. The molecule has 0 amide bonds. The third-order valence-electron chi connectivity index (χ3n) is 2.43. The summed E-state index contributed by atoms with van der Waals surface area (Å²) < 4.78 is 4.91. The topological polar surface area (TPSA) is 67.2 Å². The summed E-state index contributed by atoms with van der Waals surface area (Å²) in [5, 5.41) is 9.04. The number of ether oxygens (including phenoxy) is 1. The summed E-state index contributed by atoms with van der Waals surface area (Å²) in [4.78, 5) is 22.5. The van der Waals surface area contributed by atoms with Crippen molar-refractivity contribution in [2.75, 3.05) is 6.61 Å². The molecule has 4 heteroatoms. The van der Waals surface area contributed by atoms with Crippen LogP contribution in [0.4, 0.5) is 0 Å². The van der Waals surface area contributed by atoms with Crippen molar-refractivity contribution in [3.63, 3.8) is 0 Å². The van der Waals surface area contributed by atoms with Crippen LogP contribution in [-0.2, 0) is 11.2 Å². The molecule has 4 nitrogen and oxygen atoms in total. The quantitative estimate of drug-likeness (QED) is 0.588. The van der Waals surface area contributed by atoms with Crippen LogP contribution in [0.15, 0.2) is 12.1 Å². The second kappa shape index (κ2) is 5.80. The lowest BCUT2D eigenvalue weighted by Crippen LogP contribution is -2.10. The Morgan fingerprint density at radius 1 is 1.47 bits per heavy atom. The fourth-order valence-electron chi connectivity index (χ4n) is 1.66. The monoisotopic (exact) mass is 231 g/mol. The van der Waals surface area contributed by atoms with Gasteiger partial charge in [0.25, 0.3) is 0 Å². The molecule has 1 aromatic carbocycles. The van der Waals surface area contributed by atoms with Crippen LogP contribution in [0.1, 0.15) is 45.7 Å². The molecule has 0 aliphatic carbocycles. The third-order valence-corrected chi connectivity index (χ3v) is 2.43. The Balaban J connectivity index is 3.39. The van der Waals surface area contributed by atoms with Crippen LogP contribution in [0.2, 0.25) is 0 Å². The molecule has 0 heterocycles. The summed E-state index contributed by atoms with van der Waals surface area (Å²) in [5.41, 5.74) is 1.48. The number of rotatable bonds is 4. The number of esters is 1. The van der Waals surface area contributed by atoms with Gasteiger partial charge in [-0.2, -0.15) is 5.26 Å². The van der Waals surface area contributed by atoms with Crippen molar-refractivity contribution < 1.29 is 14.3 Å². The fourth-order valence-corrected chi connectivity index (χ4v) is 1.66. The van der Waals surface area contributed by atoms with Gasteiger partial charge in [-0.25, -0.2) is 4.79 Å². The Labute approximate surface area is 99.8 Å². The molecule has 0 atom stereocenters. The first-order chi connectivity index (χ1) is 8.19. The molecule has 1 aromatic rings. The van der Waals surface area contributed by atoms with Crippen molar-refractivity contribution in [1.29, 1.82) is 5.26 Å². The molecule has 88 valence electrons. The highest BCUT2D eigenvalue weighted by Crippen LogP contribution is 2.19. The van der Waals surface area contributed by atoms with Crippen LogP contribution < -0.4 is 0 Å². The molecule has 0 radical (unpaired) electrons. The number of nitriles is 1. The van der Waals surface area contributed by atoms with Crippen molar-refractivity contribution in [1.82, 2.24) is 0 Å². The van der Waals surface area contributed by atoms with Gasteiger partial charge in [-0.3, -0.25) is 4.79 Å².